The number of carbonyl (C=O) groups excluding carboxylic acids is 1. The molecule has 43 heavy (non-hydrogen) atoms. The lowest BCUT2D eigenvalue weighted by Gasteiger charge is -2.34. The lowest BCUT2D eigenvalue weighted by atomic mass is 10.1. The van der Waals surface area contributed by atoms with Gasteiger partial charge in [-0.3, -0.25) is 19.4 Å². The largest absolute Gasteiger partial charge is 0.395 e. The number of β-amino-alcohol motifs (C(OH)–C–C–N with tert-alkyl or cyclic N) is 1. The van der Waals surface area contributed by atoms with E-state index in [4.69, 9.17) is 10.5 Å². The average Bonchev–Trinajstić information content (AvgIpc) is 3.43. The number of carbonyl (C=O) groups is 1. The zero-order valence-electron chi connectivity index (χ0n) is 23.4. The minimum atomic E-state index is -0.961. The number of fused-ring (bicyclic) bond motifs is 1. The number of H-pyrrole nitrogens is 2. The van der Waals surface area contributed by atoms with Crippen LogP contribution in [0.5, 0.6) is 0 Å². The van der Waals surface area contributed by atoms with Gasteiger partial charge in [-0.15, -0.1) is 0 Å². The first-order valence-corrected chi connectivity index (χ1v) is 13.9. The first-order valence-electron chi connectivity index (χ1n) is 13.9. The third-order valence-corrected chi connectivity index (χ3v) is 7.39. The zero-order chi connectivity index (χ0) is 30.3. The van der Waals surface area contributed by atoms with Crippen LogP contribution in [0.4, 0.5) is 8.78 Å². The van der Waals surface area contributed by atoms with Gasteiger partial charge in [0.05, 0.1) is 29.1 Å². The van der Waals surface area contributed by atoms with Gasteiger partial charge < -0.3 is 31.1 Å². The predicted molar refractivity (Wildman–Crippen MR) is 161 cm³/mol. The van der Waals surface area contributed by atoms with Crippen molar-refractivity contribution in [1.82, 2.24) is 30.4 Å². The molecule has 4 aromatic rings. The maximum atomic E-state index is 13.4. The van der Waals surface area contributed by atoms with E-state index in [1.165, 1.54) is 24.5 Å². The lowest BCUT2D eigenvalue weighted by Crippen LogP contribution is -2.46. The summed E-state index contributed by atoms with van der Waals surface area (Å²) in [6.07, 6.45) is 3.62. The van der Waals surface area contributed by atoms with E-state index < -0.39 is 17.5 Å². The lowest BCUT2D eigenvalue weighted by molar-refractivity contribution is 0.0967. The van der Waals surface area contributed by atoms with Crippen LogP contribution in [0.25, 0.3) is 22.2 Å². The quantitative estimate of drug-likeness (QED) is 0.149. The number of rotatable bonds is 11. The molecular weight excluding hydrogens is 556 g/mol. The maximum Gasteiger partial charge on any atom is 0.257 e. The molecule has 0 aliphatic carbocycles. The summed E-state index contributed by atoms with van der Waals surface area (Å²) in [5, 5.41) is 23.2. The van der Waals surface area contributed by atoms with Gasteiger partial charge in [0, 0.05) is 75.3 Å². The number of halogens is 2. The van der Waals surface area contributed by atoms with Crippen molar-refractivity contribution >= 4 is 23.0 Å². The van der Waals surface area contributed by atoms with Crippen molar-refractivity contribution in [2.45, 2.75) is 13.1 Å². The molecule has 6 N–H and O–H groups in total. The molecule has 1 fully saturated rings. The van der Waals surface area contributed by atoms with Crippen LogP contribution in [0.1, 0.15) is 21.5 Å². The summed E-state index contributed by atoms with van der Waals surface area (Å²) >= 11 is 0. The van der Waals surface area contributed by atoms with Crippen molar-refractivity contribution in [1.29, 1.82) is 5.41 Å². The van der Waals surface area contributed by atoms with Gasteiger partial charge in [0.2, 0.25) is 0 Å². The number of nitrogens with zero attached hydrogens (tertiary/aromatic N) is 2. The molecule has 2 aromatic carbocycles. The average molecular weight is 590 g/mol. The Morgan fingerprint density at radius 1 is 1.00 bits per heavy atom. The summed E-state index contributed by atoms with van der Waals surface area (Å²) in [5.74, 6) is -2.44. The number of aromatic nitrogens is 2. The van der Waals surface area contributed by atoms with E-state index >= 15 is 0 Å². The van der Waals surface area contributed by atoms with Crippen molar-refractivity contribution in [2.24, 2.45) is 0 Å². The van der Waals surface area contributed by atoms with E-state index in [0.29, 0.717) is 23.4 Å². The zero-order valence-corrected chi connectivity index (χ0v) is 23.4. The summed E-state index contributed by atoms with van der Waals surface area (Å²) in [7, 11) is 0. The van der Waals surface area contributed by atoms with Crippen molar-refractivity contribution in [3.05, 3.63) is 105 Å². The third-order valence-electron chi connectivity index (χ3n) is 7.39. The van der Waals surface area contributed by atoms with Crippen LogP contribution >= 0.6 is 0 Å². The van der Waals surface area contributed by atoms with Gasteiger partial charge in [-0.25, -0.2) is 8.78 Å². The minimum absolute atomic E-state index is 0.133. The van der Waals surface area contributed by atoms with Gasteiger partial charge in [-0.05, 0) is 47.5 Å². The second-order valence-corrected chi connectivity index (χ2v) is 10.4. The first-order chi connectivity index (χ1) is 20.8. The summed E-state index contributed by atoms with van der Waals surface area (Å²) in [6, 6.07) is 13.0. The highest BCUT2D eigenvalue weighted by atomic mass is 19.2. The number of hydrogen-bond acceptors (Lipinski definition) is 7. The number of hydrogen-bond donors (Lipinski definition) is 6. The Labute approximate surface area is 246 Å². The Morgan fingerprint density at radius 2 is 1.77 bits per heavy atom. The highest BCUT2D eigenvalue weighted by Gasteiger charge is 2.17. The van der Waals surface area contributed by atoms with Crippen LogP contribution in [0.3, 0.4) is 0 Å². The molecule has 0 atom stereocenters. The van der Waals surface area contributed by atoms with E-state index in [9.17, 15) is 18.4 Å². The fourth-order valence-corrected chi connectivity index (χ4v) is 5.06. The molecule has 1 aliphatic rings. The number of aromatic amines is 2. The van der Waals surface area contributed by atoms with Gasteiger partial charge in [0.1, 0.15) is 0 Å². The fraction of sp³-hybridized carbons (Fsp3) is 0.258. The Morgan fingerprint density at radius 3 is 2.51 bits per heavy atom. The number of aliphatic hydroxyl groups is 1. The molecule has 10 nitrogen and oxygen atoms in total. The van der Waals surface area contributed by atoms with Gasteiger partial charge in [0.15, 0.2) is 11.6 Å². The molecule has 0 saturated carbocycles. The van der Waals surface area contributed by atoms with E-state index in [1.807, 2.05) is 12.1 Å². The van der Waals surface area contributed by atoms with Crippen LogP contribution in [0.2, 0.25) is 0 Å². The monoisotopic (exact) mass is 589 g/mol. The molecule has 12 heteroatoms. The molecule has 1 saturated heterocycles. The summed E-state index contributed by atoms with van der Waals surface area (Å²) in [5.41, 5.74) is 3.32. The number of pyridine rings is 1. The maximum absolute atomic E-state index is 13.4. The number of amides is 1. The molecule has 224 valence electrons. The fourth-order valence-electron chi connectivity index (χ4n) is 5.06. The van der Waals surface area contributed by atoms with E-state index in [1.54, 1.807) is 0 Å². The SMILES string of the molecule is N=C/C(=C\NCc1ccc(F)c(F)c1)NC(=O)c1c[nH]c(=O)c(-c2cc3cc(CN4CCN(CCO)CC4)ccc3[nH]2)c1. The van der Waals surface area contributed by atoms with Crippen LogP contribution < -0.4 is 16.2 Å². The van der Waals surface area contributed by atoms with Gasteiger partial charge >= 0.3 is 0 Å². The minimum Gasteiger partial charge on any atom is -0.395 e. The van der Waals surface area contributed by atoms with Crippen molar-refractivity contribution < 1.29 is 18.7 Å². The van der Waals surface area contributed by atoms with Crippen LogP contribution in [0, 0.1) is 17.0 Å². The normalized spacial score (nSPS) is 14.6. The number of allylic oxidation sites excluding steroid dienone is 1. The second kappa shape index (κ2) is 13.6. The highest BCUT2D eigenvalue weighted by molar-refractivity contribution is 5.99. The van der Waals surface area contributed by atoms with E-state index in [0.717, 1.165) is 67.5 Å². The molecule has 1 aliphatic heterocycles. The van der Waals surface area contributed by atoms with Gasteiger partial charge in [-0.2, -0.15) is 0 Å². The molecule has 0 bridgehead atoms. The van der Waals surface area contributed by atoms with Crippen LogP contribution in [-0.2, 0) is 13.1 Å². The Balaban J connectivity index is 1.25. The molecule has 1 amide bonds. The second-order valence-electron chi connectivity index (χ2n) is 10.4. The topological polar surface area (TPSA) is 140 Å². The standard InChI is InChI=1S/C31H33F2N7O3/c32-26-3-1-20(12-27(26)33)16-35-18-24(15-34)37-30(42)23-13-25(31(43)36-17-23)29-14-22-11-21(2-4-28(22)38-29)19-40-7-5-39(6-8-40)9-10-41/h1-4,11-15,17-18,34-35,38,41H,5-10,16,19H2,(H,36,43)(H,37,42)/b24-18+,34-15?. The molecular formula is C31H33F2N7O3. The summed E-state index contributed by atoms with van der Waals surface area (Å²) < 4.78 is 26.6. The summed E-state index contributed by atoms with van der Waals surface area (Å²) in [6.45, 7) is 5.54. The van der Waals surface area contributed by atoms with Crippen molar-refractivity contribution in [3.63, 3.8) is 0 Å². The van der Waals surface area contributed by atoms with Gasteiger partial charge in [-0.1, -0.05) is 12.1 Å². The molecule has 0 unspecified atom stereocenters. The molecule has 3 heterocycles. The number of nitrogens with one attached hydrogen (secondary N) is 5. The smallest absolute Gasteiger partial charge is 0.257 e. The molecule has 0 radical (unpaired) electrons. The number of aliphatic hydroxyl groups excluding tert-OH is 1. The summed E-state index contributed by atoms with van der Waals surface area (Å²) in [4.78, 5) is 36.2. The van der Waals surface area contributed by atoms with E-state index in [-0.39, 0.29) is 30.0 Å². The van der Waals surface area contributed by atoms with Crippen LogP contribution in [0.15, 0.2) is 71.4 Å². The first kappa shape index (κ1) is 29.8. The number of benzene rings is 2. The van der Waals surface area contributed by atoms with Crippen molar-refractivity contribution in [2.75, 3.05) is 39.3 Å². The number of piperazine rings is 1. The van der Waals surface area contributed by atoms with Crippen LogP contribution in [-0.4, -0.2) is 76.3 Å². The Bertz CT molecular complexity index is 1710. The molecule has 2 aromatic heterocycles. The Hall–Kier alpha value is -4.65. The van der Waals surface area contributed by atoms with E-state index in [2.05, 4.69) is 42.5 Å². The van der Waals surface area contributed by atoms with Crippen molar-refractivity contribution in [3.8, 4) is 11.3 Å². The molecule has 0 spiro atoms. The third kappa shape index (κ3) is 7.41. The highest BCUT2D eigenvalue weighted by Crippen LogP contribution is 2.24. The van der Waals surface area contributed by atoms with Gasteiger partial charge in [0.25, 0.3) is 11.5 Å². The molecule has 5 rings (SSSR count). The Kier molecular flexibility index (Phi) is 9.40. The predicted octanol–water partition coefficient (Wildman–Crippen LogP) is 2.92.